The molecule has 8 nitrogen and oxygen atoms in total. The first-order chi connectivity index (χ1) is 13.0. The maximum Gasteiger partial charge on any atom is 0.329 e. The van der Waals surface area contributed by atoms with Crippen LogP contribution in [0.5, 0.6) is 0 Å². The highest BCUT2D eigenvalue weighted by Gasteiger charge is 2.26. The molecule has 27 heavy (non-hydrogen) atoms. The van der Waals surface area contributed by atoms with Crippen LogP contribution in [0.3, 0.4) is 0 Å². The van der Waals surface area contributed by atoms with E-state index in [-0.39, 0.29) is 11.6 Å². The van der Waals surface area contributed by atoms with Gasteiger partial charge in [-0.25, -0.2) is 4.79 Å². The first kappa shape index (κ1) is 17.4. The maximum atomic E-state index is 12.5. The number of piperazine rings is 1. The summed E-state index contributed by atoms with van der Waals surface area (Å²) < 4.78 is 3.34. The van der Waals surface area contributed by atoms with Crippen molar-refractivity contribution in [1.82, 2.24) is 19.1 Å². The van der Waals surface area contributed by atoms with E-state index in [0.717, 1.165) is 32.1 Å². The summed E-state index contributed by atoms with van der Waals surface area (Å²) in [5, 5.41) is 0. The van der Waals surface area contributed by atoms with E-state index in [1.807, 2.05) is 36.6 Å². The number of nitrogens with zero attached hydrogens (tertiary/aromatic N) is 5. The highest BCUT2D eigenvalue weighted by molar-refractivity contribution is 5.74. The van der Waals surface area contributed by atoms with Crippen LogP contribution in [0.2, 0.25) is 0 Å². The monoisotopic (exact) mass is 368 g/mol. The first-order valence-electron chi connectivity index (χ1n) is 9.23. The maximum absolute atomic E-state index is 12.5. The Morgan fingerprint density at radius 2 is 1.63 bits per heavy atom. The summed E-state index contributed by atoms with van der Waals surface area (Å²) >= 11 is 0. The number of hydrogen-bond donors (Lipinski definition) is 1. The van der Waals surface area contributed by atoms with E-state index in [0.29, 0.717) is 11.2 Å². The topological polar surface area (TPSA) is 79.2 Å². The highest BCUT2D eigenvalue weighted by Crippen LogP contribution is 2.26. The fourth-order valence-corrected chi connectivity index (χ4v) is 3.71. The number of nitrogens with one attached hydrogen (secondary N) is 1. The second kappa shape index (κ2) is 6.61. The molecular formula is C19H24N6O2. The molecule has 3 aromatic rings. The van der Waals surface area contributed by atoms with Gasteiger partial charge < -0.3 is 14.4 Å². The number of imidazole rings is 1. The zero-order valence-electron chi connectivity index (χ0n) is 15.8. The summed E-state index contributed by atoms with van der Waals surface area (Å²) in [7, 11) is 1.63. The quantitative estimate of drug-likeness (QED) is 0.755. The molecule has 8 heteroatoms. The molecule has 1 N–H and O–H groups in total. The molecule has 0 aliphatic carbocycles. The summed E-state index contributed by atoms with van der Waals surface area (Å²) in [6.45, 7) is 7.40. The molecular weight excluding hydrogens is 344 g/mol. The van der Waals surface area contributed by atoms with Crippen LogP contribution >= 0.6 is 0 Å². The second-order valence-corrected chi connectivity index (χ2v) is 7.18. The Morgan fingerprint density at radius 3 is 2.26 bits per heavy atom. The Hall–Kier alpha value is -3.03. The lowest BCUT2D eigenvalue weighted by molar-refractivity contribution is 0.575. The van der Waals surface area contributed by atoms with Gasteiger partial charge in [0.2, 0.25) is 5.95 Å². The molecule has 3 heterocycles. The van der Waals surface area contributed by atoms with Crippen molar-refractivity contribution in [3.8, 4) is 0 Å². The average Bonchev–Trinajstić information content (AvgIpc) is 3.09. The molecule has 0 saturated carbocycles. The van der Waals surface area contributed by atoms with Crippen molar-refractivity contribution in [3.63, 3.8) is 0 Å². The van der Waals surface area contributed by atoms with E-state index in [2.05, 4.69) is 31.9 Å². The Morgan fingerprint density at radius 1 is 1.00 bits per heavy atom. The van der Waals surface area contributed by atoms with E-state index < -0.39 is 5.69 Å². The van der Waals surface area contributed by atoms with Gasteiger partial charge in [0.25, 0.3) is 5.56 Å². The predicted molar refractivity (Wildman–Crippen MR) is 107 cm³/mol. The third kappa shape index (κ3) is 2.90. The molecule has 0 unspecified atom stereocenters. The minimum Gasteiger partial charge on any atom is -0.368 e. The molecule has 0 bridgehead atoms. The number of para-hydroxylation sites is 1. The number of aryl methyl sites for hydroxylation is 1. The number of H-pyrrole nitrogens is 1. The van der Waals surface area contributed by atoms with Crippen LogP contribution in [0.4, 0.5) is 11.6 Å². The van der Waals surface area contributed by atoms with Crippen molar-refractivity contribution in [1.29, 1.82) is 0 Å². The van der Waals surface area contributed by atoms with Gasteiger partial charge in [-0.2, -0.15) is 4.98 Å². The largest absolute Gasteiger partial charge is 0.368 e. The zero-order valence-corrected chi connectivity index (χ0v) is 15.8. The fourth-order valence-electron chi connectivity index (χ4n) is 3.71. The average molecular weight is 368 g/mol. The third-order valence-corrected chi connectivity index (χ3v) is 5.13. The Labute approximate surface area is 156 Å². The van der Waals surface area contributed by atoms with Crippen molar-refractivity contribution in [3.05, 3.63) is 51.2 Å². The van der Waals surface area contributed by atoms with Crippen molar-refractivity contribution in [2.75, 3.05) is 36.0 Å². The number of fused-ring (bicyclic) bond motifs is 1. The van der Waals surface area contributed by atoms with Gasteiger partial charge in [-0.15, -0.1) is 0 Å². The Bertz CT molecular complexity index is 1070. The number of anilines is 2. The first-order valence-corrected chi connectivity index (χ1v) is 9.23. The molecule has 1 saturated heterocycles. The minimum absolute atomic E-state index is 0.0516. The molecule has 0 amide bonds. The van der Waals surface area contributed by atoms with Crippen LogP contribution in [0.15, 0.2) is 39.9 Å². The predicted octanol–water partition coefficient (Wildman–Crippen LogP) is 1.33. The minimum atomic E-state index is -0.443. The molecule has 4 rings (SSSR count). The van der Waals surface area contributed by atoms with Crippen LogP contribution in [0, 0.1) is 0 Å². The van der Waals surface area contributed by atoms with Gasteiger partial charge in [-0.05, 0) is 26.0 Å². The van der Waals surface area contributed by atoms with Crippen molar-refractivity contribution < 1.29 is 0 Å². The SMILES string of the molecule is CC(C)n1c(N2CCN(c3ccccc3)CC2)nc2c1c(=O)[nH]c(=O)n2C. The third-order valence-electron chi connectivity index (χ3n) is 5.13. The summed E-state index contributed by atoms with van der Waals surface area (Å²) in [5.41, 5.74) is 1.27. The van der Waals surface area contributed by atoms with Crippen LogP contribution in [-0.4, -0.2) is 45.3 Å². The summed E-state index contributed by atoms with van der Waals surface area (Å²) in [6.07, 6.45) is 0. The van der Waals surface area contributed by atoms with Gasteiger partial charge >= 0.3 is 5.69 Å². The molecule has 1 aliphatic heterocycles. The van der Waals surface area contributed by atoms with E-state index in [9.17, 15) is 9.59 Å². The van der Waals surface area contributed by atoms with Gasteiger partial charge in [0.15, 0.2) is 11.2 Å². The number of hydrogen-bond acceptors (Lipinski definition) is 5. The van der Waals surface area contributed by atoms with E-state index in [1.165, 1.54) is 10.3 Å². The highest BCUT2D eigenvalue weighted by atomic mass is 16.2. The standard InChI is InChI=1S/C19H24N6O2/c1-13(2)25-15-16(22(3)19(27)21-17(15)26)20-18(25)24-11-9-23(10-12-24)14-7-5-4-6-8-14/h4-8,13H,9-12H2,1-3H3,(H,21,26,27). The summed E-state index contributed by atoms with van der Waals surface area (Å²) in [5.74, 6) is 0.749. The van der Waals surface area contributed by atoms with Crippen molar-refractivity contribution in [2.24, 2.45) is 7.05 Å². The molecule has 1 fully saturated rings. The molecule has 0 radical (unpaired) electrons. The van der Waals surface area contributed by atoms with Gasteiger partial charge in [0, 0.05) is 45.0 Å². The fraction of sp³-hybridized carbons (Fsp3) is 0.421. The molecule has 142 valence electrons. The molecule has 1 aliphatic rings. The normalized spacial score (nSPS) is 15.1. The van der Waals surface area contributed by atoms with Gasteiger partial charge in [-0.1, -0.05) is 18.2 Å². The number of rotatable bonds is 3. The number of aromatic amines is 1. The van der Waals surface area contributed by atoms with Gasteiger partial charge in [-0.3, -0.25) is 14.3 Å². The smallest absolute Gasteiger partial charge is 0.329 e. The molecule has 0 spiro atoms. The van der Waals surface area contributed by atoms with Crippen molar-refractivity contribution >= 4 is 22.8 Å². The van der Waals surface area contributed by atoms with Gasteiger partial charge in [0.1, 0.15) is 0 Å². The number of aromatic nitrogens is 4. The van der Waals surface area contributed by atoms with E-state index in [4.69, 9.17) is 0 Å². The molecule has 1 aromatic carbocycles. The molecule has 2 aromatic heterocycles. The zero-order chi connectivity index (χ0) is 19.1. The van der Waals surface area contributed by atoms with Gasteiger partial charge in [0.05, 0.1) is 0 Å². The van der Waals surface area contributed by atoms with Crippen molar-refractivity contribution in [2.45, 2.75) is 19.9 Å². The van der Waals surface area contributed by atoms with Crippen LogP contribution in [-0.2, 0) is 7.05 Å². The van der Waals surface area contributed by atoms with Crippen LogP contribution < -0.4 is 21.0 Å². The summed E-state index contributed by atoms with van der Waals surface area (Å²) in [4.78, 5) is 36.0. The lowest BCUT2D eigenvalue weighted by atomic mass is 10.2. The Balaban J connectivity index is 1.71. The Kier molecular flexibility index (Phi) is 4.25. The van der Waals surface area contributed by atoms with E-state index >= 15 is 0 Å². The number of benzene rings is 1. The van der Waals surface area contributed by atoms with E-state index in [1.54, 1.807) is 7.05 Å². The lowest BCUT2D eigenvalue weighted by Crippen LogP contribution is -2.47. The van der Waals surface area contributed by atoms with Crippen LogP contribution in [0.25, 0.3) is 11.2 Å². The second-order valence-electron chi connectivity index (χ2n) is 7.18. The molecule has 0 atom stereocenters. The van der Waals surface area contributed by atoms with Crippen LogP contribution in [0.1, 0.15) is 19.9 Å². The lowest BCUT2D eigenvalue weighted by Gasteiger charge is -2.37. The summed E-state index contributed by atoms with van der Waals surface area (Å²) in [6, 6.07) is 10.4.